The number of methoxy groups -OCH3 is 1. The van der Waals surface area contributed by atoms with E-state index in [9.17, 15) is 9.59 Å². The van der Waals surface area contributed by atoms with Gasteiger partial charge in [-0.25, -0.2) is 4.79 Å². The van der Waals surface area contributed by atoms with Crippen LogP contribution in [0.25, 0.3) is 0 Å². The summed E-state index contributed by atoms with van der Waals surface area (Å²) < 4.78 is 9.85. The largest absolute Gasteiger partial charge is 0.497 e. The van der Waals surface area contributed by atoms with Crippen LogP contribution in [-0.4, -0.2) is 36.9 Å². The number of alkyl carbamates (subject to hydrolysis) is 1. The first-order valence-corrected chi connectivity index (χ1v) is 6.44. The second-order valence-electron chi connectivity index (χ2n) is 4.38. The molecule has 0 saturated heterocycles. The molecule has 1 rings (SSSR count). The highest BCUT2D eigenvalue weighted by Crippen LogP contribution is 2.13. The molecule has 21 heavy (non-hydrogen) atoms. The van der Waals surface area contributed by atoms with Crippen LogP contribution in [0, 0.1) is 0 Å². The van der Waals surface area contributed by atoms with E-state index in [4.69, 9.17) is 14.6 Å². The van der Waals surface area contributed by atoms with E-state index >= 15 is 0 Å². The molecule has 0 spiro atoms. The molecule has 1 aromatic rings. The number of hydrogen-bond donors (Lipinski definition) is 2. The fourth-order valence-electron chi connectivity index (χ4n) is 1.77. The van der Waals surface area contributed by atoms with Crippen molar-refractivity contribution in [2.75, 3.05) is 13.7 Å². The lowest BCUT2D eigenvalue weighted by atomic mass is 10.0. The van der Waals surface area contributed by atoms with Crippen molar-refractivity contribution >= 4 is 12.1 Å². The Bertz CT molecular complexity index is 483. The number of nitrogens with one attached hydrogen (secondary N) is 1. The number of ether oxygens (including phenoxy) is 2. The number of carbonyl (C=O) groups excluding carboxylic acids is 1. The van der Waals surface area contributed by atoms with Gasteiger partial charge in [0.25, 0.3) is 0 Å². The van der Waals surface area contributed by atoms with Crippen LogP contribution in [0.2, 0.25) is 0 Å². The number of carbonyl (C=O) groups is 2. The summed E-state index contributed by atoms with van der Waals surface area (Å²) in [5.41, 5.74) is 0.895. The van der Waals surface area contributed by atoms with Gasteiger partial charge in [0.2, 0.25) is 0 Å². The molecule has 1 atom stereocenters. The van der Waals surface area contributed by atoms with Crippen LogP contribution >= 0.6 is 0 Å². The molecule has 0 aromatic heterocycles. The molecule has 0 aliphatic heterocycles. The normalized spacial score (nSPS) is 11.3. The minimum absolute atomic E-state index is 0.0775. The molecule has 0 fully saturated rings. The summed E-state index contributed by atoms with van der Waals surface area (Å²) in [5.74, 6) is -0.274. The van der Waals surface area contributed by atoms with Crippen LogP contribution in [0.4, 0.5) is 4.79 Å². The molecule has 0 bridgehead atoms. The number of amides is 1. The lowest BCUT2D eigenvalue weighted by Crippen LogP contribution is -2.38. The maximum absolute atomic E-state index is 11.5. The van der Waals surface area contributed by atoms with Gasteiger partial charge in [-0.05, 0) is 24.1 Å². The fourth-order valence-corrected chi connectivity index (χ4v) is 1.77. The molecule has 114 valence electrons. The predicted molar refractivity (Wildman–Crippen MR) is 77.4 cm³/mol. The molecular weight excluding hydrogens is 274 g/mol. The third-order valence-corrected chi connectivity index (χ3v) is 2.72. The van der Waals surface area contributed by atoms with Crippen molar-refractivity contribution in [1.82, 2.24) is 5.32 Å². The van der Waals surface area contributed by atoms with Gasteiger partial charge < -0.3 is 19.9 Å². The average Bonchev–Trinajstić information content (AvgIpc) is 2.45. The van der Waals surface area contributed by atoms with Gasteiger partial charge >= 0.3 is 12.1 Å². The number of aliphatic carboxylic acids is 1. The standard InChI is InChI=1S/C15H19NO5/c1-3-8-21-15(19)16-12(10-14(17)18)9-11-4-6-13(20-2)7-5-11/h3-7,12H,1,8-10H2,2H3,(H,16,19)(H,17,18)/t12-/m1/s1. The van der Waals surface area contributed by atoms with Crippen molar-refractivity contribution in [1.29, 1.82) is 0 Å². The van der Waals surface area contributed by atoms with Gasteiger partial charge in [-0.2, -0.15) is 0 Å². The van der Waals surface area contributed by atoms with E-state index in [-0.39, 0.29) is 13.0 Å². The van der Waals surface area contributed by atoms with E-state index in [1.807, 2.05) is 12.1 Å². The van der Waals surface area contributed by atoms with Gasteiger partial charge in [-0.3, -0.25) is 4.79 Å². The molecular formula is C15H19NO5. The van der Waals surface area contributed by atoms with Crippen molar-refractivity contribution in [3.63, 3.8) is 0 Å². The highest BCUT2D eigenvalue weighted by atomic mass is 16.5. The number of carboxylic acids is 1. The van der Waals surface area contributed by atoms with E-state index in [0.29, 0.717) is 12.2 Å². The van der Waals surface area contributed by atoms with Crippen LogP contribution in [-0.2, 0) is 16.0 Å². The summed E-state index contributed by atoms with van der Waals surface area (Å²) in [6.45, 7) is 3.51. The highest BCUT2D eigenvalue weighted by Gasteiger charge is 2.17. The predicted octanol–water partition coefficient (Wildman–Crippen LogP) is 1.99. The maximum Gasteiger partial charge on any atom is 0.407 e. The first kappa shape index (κ1) is 16.6. The first-order valence-electron chi connectivity index (χ1n) is 6.44. The monoisotopic (exact) mass is 293 g/mol. The van der Waals surface area contributed by atoms with E-state index < -0.39 is 18.1 Å². The number of benzene rings is 1. The SMILES string of the molecule is C=CCOC(=O)N[C@@H](CC(=O)O)Cc1ccc(OC)cc1. The summed E-state index contributed by atoms with van der Waals surface area (Å²) in [4.78, 5) is 22.4. The fraction of sp³-hybridized carbons (Fsp3) is 0.333. The first-order chi connectivity index (χ1) is 10.0. The number of rotatable bonds is 8. The van der Waals surface area contributed by atoms with Crippen molar-refractivity contribution in [3.05, 3.63) is 42.5 Å². The van der Waals surface area contributed by atoms with Crippen LogP contribution in [0.1, 0.15) is 12.0 Å². The quantitative estimate of drug-likeness (QED) is 0.716. The second-order valence-corrected chi connectivity index (χ2v) is 4.38. The molecule has 0 aliphatic carbocycles. The summed E-state index contributed by atoms with van der Waals surface area (Å²) in [6, 6.07) is 6.66. The molecule has 2 N–H and O–H groups in total. The van der Waals surface area contributed by atoms with Gasteiger partial charge in [0.15, 0.2) is 0 Å². The minimum Gasteiger partial charge on any atom is -0.497 e. The zero-order chi connectivity index (χ0) is 15.7. The molecule has 0 heterocycles. The van der Waals surface area contributed by atoms with Crippen molar-refractivity contribution in [3.8, 4) is 5.75 Å². The Morgan fingerprint density at radius 1 is 1.38 bits per heavy atom. The Hall–Kier alpha value is -2.50. The van der Waals surface area contributed by atoms with E-state index in [0.717, 1.165) is 5.56 Å². The molecule has 1 amide bonds. The van der Waals surface area contributed by atoms with Crippen LogP contribution in [0.5, 0.6) is 5.75 Å². The van der Waals surface area contributed by atoms with Crippen LogP contribution in [0.15, 0.2) is 36.9 Å². The zero-order valence-corrected chi connectivity index (χ0v) is 11.9. The van der Waals surface area contributed by atoms with Crippen molar-refractivity contribution in [2.24, 2.45) is 0 Å². The van der Waals surface area contributed by atoms with Gasteiger partial charge in [0, 0.05) is 6.04 Å². The maximum atomic E-state index is 11.5. The Kier molecular flexibility index (Phi) is 6.80. The minimum atomic E-state index is -0.988. The molecule has 0 aliphatic rings. The van der Waals surface area contributed by atoms with Gasteiger partial charge in [-0.1, -0.05) is 24.8 Å². The number of hydrogen-bond acceptors (Lipinski definition) is 4. The number of carboxylic acid groups (broad SMARTS) is 1. The summed E-state index contributed by atoms with van der Waals surface area (Å²) in [5, 5.41) is 11.4. The second kappa shape index (κ2) is 8.63. The molecule has 6 nitrogen and oxygen atoms in total. The van der Waals surface area contributed by atoms with Crippen molar-refractivity contribution < 1.29 is 24.2 Å². The van der Waals surface area contributed by atoms with Crippen LogP contribution < -0.4 is 10.1 Å². The molecule has 0 saturated carbocycles. The third kappa shape index (κ3) is 6.47. The van der Waals surface area contributed by atoms with E-state index in [1.165, 1.54) is 6.08 Å². The third-order valence-electron chi connectivity index (χ3n) is 2.72. The highest BCUT2D eigenvalue weighted by molar-refractivity contribution is 5.71. The Morgan fingerprint density at radius 3 is 2.57 bits per heavy atom. The zero-order valence-electron chi connectivity index (χ0n) is 11.9. The Balaban J connectivity index is 2.65. The summed E-state index contributed by atoms with van der Waals surface area (Å²) in [7, 11) is 1.57. The molecule has 6 heteroatoms. The molecule has 0 radical (unpaired) electrons. The van der Waals surface area contributed by atoms with Crippen molar-refractivity contribution in [2.45, 2.75) is 18.9 Å². The lowest BCUT2D eigenvalue weighted by molar-refractivity contribution is -0.137. The van der Waals surface area contributed by atoms with Gasteiger partial charge in [-0.15, -0.1) is 0 Å². The smallest absolute Gasteiger partial charge is 0.407 e. The Morgan fingerprint density at radius 2 is 2.05 bits per heavy atom. The summed E-state index contributed by atoms with van der Waals surface area (Å²) in [6.07, 6.45) is 0.985. The van der Waals surface area contributed by atoms with Gasteiger partial charge in [0.05, 0.1) is 13.5 Å². The average molecular weight is 293 g/mol. The topological polar surface area (TPSA) is 84.9 Å². The van der Waals surface area contributed by atoms with E-state index in [2.05, 4.69) is 11.9 Å². The Labute approximate surface area is 123 Å². The summed E-state index contributed by atoms with van der Waals surface area (Å²) >= 11 is 0. The van der Waals surface area contributed by atoms with Crippen LogP contribution in [0.3, 0.4) is 0 Å². The van der Waals surface area contributed by atoms with Gasteiger partial charge in [0.1, 0.15) is 12.4 Å². The molecule has 1 aromatic carbocycles. The lowest BCUT2D eigenvalue weighted by Gasteiger charge is -2.16. The van der Waals surface area contributed by atoms with E-state index in [1.54, 1.807) is 19.2 Å². The molecule has 0 unspecified atom stereocenters.